The highest BCUT2D eigenvalue weighted by Crippen LogP contribution is 2.48. The molecular weight excluding hydrogens is 333 g/mol. The van der Waals surface area contributed by atoms with Gasteiger partial charge in [-0.2, -0.15) is 13.2 Å². The van der Waals surface area contributed by atoms with Crippen LogP contribution in [-0.4, -0.2) is 22.9 Å². The second-order valence-electron chi connectivity index (χ2n) is 5.55. The molecule has 2 rings (SSSR count). The summed E-state index contributed by atoms with van der Waals surface area (Å²) >= 11 is 0. The molecule has 0 aliphatic heterocycles. The Morgan fingerprint density at radius 2 is 1.88 bits per heavy atom. The van der Waals surface area contributed by atoms with Crippen LogP contribution in [0.4, 0.5) is 35.9 Å². The van der Waals surface area contributed by atoms with Crippen LogP contribution in [0.3, 0.4) is 0 Å². The van der Waals surface area contributed by atoms with Crippen molar-refractivity contribution in [2.45, 2.75) is 25.9 Å². The van der Waals surface area contributed by atoms with Gasteiger partial charge in [-0.05, 0) is 25.7 Å². The minimum atomic E-state index is -5.04. The van der Waals surface area contributed by atoms with E-state index < -0.39 is 44.3 Å². The predicted molar refractivity (Wildman–Crippen MR) is 79.8 cm³/mol. The van der Waals surface area contributed by atoms with Crippen molar-refractivity contribution >= 4 is 22.7 Å². The number of hydrogen-bond acceptors (Lipinski definition) is 6. The lowest BCUT2D eigenvalue weighted by atomic mass is 10.1. The van der Waals surface area contributed by atoms with Crippen LogP contribution in [0, 0.1) is 26.1 Å². The predicted octanol–water partition coefficient (Wildman–Crippen LogP) is 3.34. The number of halogens is 3. The van der Waals surface area contributed by atoms with E-state index in [-0.39, 0.29) is 18.5 Å². The van der Waals surface area contributed by atoms with Crippen molar-refractivity contribution in [2.75, 3.05) is 23.7 Å². The summed E-state index contributed by atoms with van der Waals surface area (Å²) in [5.41, 5.74) is 0.178. The van der Waals surface area contributed by atoms with Crippen LogP contribution >= 0.6 is 0 Å². The number of benzene rings is 1. The second-order valence-corrected chi connectivity index (χ2v) is 5.55. The molecule has 11 heteroatoms. The van der Waals surface area contributed by atoms with E-state index in [0.717, 1.165) is 12.8 Å². The summed E-state index contributed by atoms with van der Waals surface area (Å²) in [5, 5.41) is 22.6. The van der Waals surface area contributed by atoms with Crippen molar-refractivity contribution in [1.82, 2.24) is 0 Å². The molecule has 1 aliphatic rings. The van der Waals surface area contributed by atoms with Crippen LogP contribution in [0.2, 0.25) is 0 Å². The van der Waals surface area contributed by atoms with Gasteiger partial charge in [0.25, 0.3) is 5.69 Å². The zero-order valence-electron chi connectivity index (χ0n) is 12.7. The lowest BCUT2D eigenvalue weighted by Gasteiger charge is -2.24. The SMILES string of the molecule is CCN(CC1CC1)c1c([N+](=O)[O-])cc(C(F)(F)F)c(N)c1[N+](=O)[O-]. The van der Waals surface area contributed by atoms with Crippen LogP contribution in [0.15, 0.2) is 6.07 Å². The van der Waals surface area contributed by atoms with Gasteiger partial charge in [-0.15, -0.1) is 0 Å². The molecule has 1 saturated carbocycles. The number of nitro benzene ring substituents is 2. The molecule has 0 bridgehead atoms. The van der Waals surface area contributed by atoms with Crippen LogP contribution in [0.5, 0.6) is 0 Å². The minimum Gasteiger partial charge on any atom is -0.393 e. The van der Waals surface area contributed by atoms with Gasteiger partial charge in [0.1, 0.15) is 5.69 Å². The maximum Gasteiger partial charge on any atom is 0.418 e. The van der Waals surface area contributed by atoms with Crippen molar-refractivity contribution in [3.05, 3.63) is 31.9 Å². The molecule has 0 unspecified atom stereocenters. The molecule has 0 spiro atoms. The normalized spacial score (nSPS) is 14.5. The van der Waals surface area contributed by atoms with Crippen molar-refractivity contribution in [3.63, 3.8) is 0 Å². The van der Waals surface area contributed by atoms with Gasteiger partial charge in [0.05, 0.1) is 15.4 Å². The first-order chi connectivity index (χ1) is 11.1. The van der Waals surface area contributed by atoms with Crippen molar-refractivity contribution < 1.29 is 23.0 Å². The molecule has 8 nitrogen and oxygen atoms in total. The zero-order valence-corrected chi connectivity index (χ0v) is 12.7. The minimum absolute atomic E-state index is 0.170. The summed E-state index contributed by atoms with van der Waals surface area (Å²) in [4.78, 5) is 21.8. The molecule has 132 valence electrons. The molecule has 0 heterocycles. The number of hydrogen-bond donors (Lipinski definition) is 1. The number of nitrogens with two attached hydrogens (primary N) is 1. The van der Waals surface area contributed by atoms with Crippen molar-refractivity contribution in [3.8, 4) is 0 Å². The quantitative estimate of drug-likeness (QED) is 0.479. The summed E-state index contributed by atoms with van der Waals surface area (Å²) in [5.74, 6) is 0.215. The highest BCUT2D eigenvalue weighted by Gasteiger charge is 2.43. The third-order valence-electron chi connectivity index (χ3n) is 3.85. The van der Waals surface area contributed by atoms with E-state index in [0.29, 0.717) is 6.54 Å². The summed E-state index contributed by atoms with van der Waals surface area (Å²) in [7, 11) is 0. The Morgan fingerprint density at radius 1 is 1.29 bits per heavy atom. The van der Waals surface area contributed by atoms with Gasteiger partial charge < -0.3 is 10.6 Å². The van der Waals surface area contributed by atoms with Gasteiger partial charge in [0.2, 0.25) is 0 Å². The molecule has 1 aromatic rings. The molecule has 0 amide bonds. The zero-order chi connectivity index (χ0) is 18.2. The number of nitrogens with zero attached hydrogens (tertiary/aromatic N) is 3. The molecule has 1 fully saturated rings. The molecule has 1 aliphatic carbocycles. The Bertz CT molecular complexity index is 689. The Kier molecular flexibility index (Phi) is 4.54. The molecule has 0 atom stereocenters. The van der Waals surface area contributed by atoms with E-state index in [1.54, 1.807) is 6.92 Å². The third-order valence-corrected chi connectivity index (χ3v) is 3.85. The van der Waals surface area contributed by atoms with Gasteiger partial charge in [-0.1, -0.05) is 0 Å². The van der Waals surface area contributed by atoms with Gasteiger partial charge >= 0.3 is 11.9 Å². The molecule has 24 heavy (non-hydrogen) atoms. The molecular formula is C13H15F3N4O4. The average molecular weight is 348 g/mol. The highest BCUT2D eigenvalue weighted by molar-refractivity contribution is 5.86. The topological polar surface area (TPSA) is 116 Å². The van der Waals surface area contributed by atoms with Crippen LogP contribution in [-0.2, 0) is 6.18 Å². The van der Waals surface area contributed by atoms with Crippen molar-refractivity contribution in [1.29, 1.82) is 0 Å². The number of alkyl halides is 3. The Hall–Kier alpha value is -2.59. The summed E-state index contributed by atoms with van der Waals surface area (Å²) in [6.45, 7) is 2.08. The summed E-state index contributed by atoms with van der Waals surface area (Å²) in [6.07, 6.45) is -3.30. The fraction of sp³-hybridized carbons (Fsp3) is 0.538. The summed E-state index contributed by atoms with van der Waals surface area (Å²) < 4.78 is 39.1. The van der Waals surface area contributed by atoms with Crippen LogP contribution in [0.1, 0.15) is 25.3 Å². The number of anilines is 2. The van der Waals surface area contributed by atoms with Crippen LogP contribution < -0.4 is 10.6 Å². The van der Waals surface area contributed by atoms with E-state index >= 15 is 0 Å². The second kappa shape index (κ2) is 6.13. The van der Waals surface area contributed by atoms with E-state index in [1.165, 1.54) is 4.90 Å². The average Bonchev–Trinajstić information content (AvgIpc) is 3.26. The van der Waals surface area contributed by atoms with Gasteiger partial charge in [-0.25, -0.2) is 0 Å². The molecule has 2 N–H and O–H groups in total. The Morgan fingerprint density at radius 3 is 2.25 bits per heavy atom. The Balaban J connectivity index is 2.76. The van der Waals surface area contributed by atoms with E-state index in [1.807, 2.05) is 0 Å². The largest absolute Gasteiger partial charge is 0.418 e. The number of nitrogen functional groups attached to an aromatic ring is 1. The fourth-order valence-electron chi connectivity index (χ4n) is 2.52. The molecule has 0 radical (unpaired) electrons. The fourth-order valence-corrected chi connectivity index (χ4v) is 2.52. The smallest absolute Gasteiger partial charge is 0.393 e. The van der Waals surface area contributed by atoms with Crippen molar-refractivity contribution in [2.24, 2.45) is 5.92 Å². The van der Waals surface area contributed by atoms with Crippen LogP contribution in [0.25, 0.3) is 0 Å². The maximum atomic E-state index is 13.0. The standard InChI is InChI=1S/C13H15F3N4O4/c1-2-18(6-7-3-4-7)11-9(19(21)22)5-8(13(14,15)16)10(17)12(11)20(23)24/h5,7H,2-4,6,17H2,1H3. The third kappa shape index (κ3) is 3.34. The number of nitro groups is 2. The molecule has 0 saturated heterocycles. The van der Waals surface area contributed by atoms with E-state index in [4.69, 9.17) is 5.73 Å². The summed E-state index contributed by atoms with van der Waals surface area (Å²) in [6, 6.07) is 0.271. The maximum absolute atomic E-state index is 13.0. The first-order valence-corrected chi connectivity index (χ1v) is 7.15. The van der Waals surface area contributed by atoms with Gasteiger partial charge in [0, 0.05) is 19.2 Å². The lowest BCUT2D eigenvalue weighted by molar-refractivity contribution is -0.392. The Labute approximate surface area is 134 Å². The van der Waals surface area contributed by atoms with E-state index in [9.17, 15) is 33.4 Å². The monoisotopic (exact) mass is 348 g/mol. The molecule has 0 aromatic heterocycles. The number of rotatable bonds is 6. The van der Waals surface area contributed by atoms with Gasteiger partial charge in [-0.3, -0.25) is 20.2 Å². The van der Waals surface area contributed by atoms with E-state index in [2.05, 4.69) is 0 Å². The first-order valence-electron chi connectivity index (χ1n) is 7.15. The lowest BCUT2D eigenvalue weighted by Crippen LogP contribution is -2.28. The van der Waals surface area contributed by atoms with Gasteiger partial charge in [0.15, 0.2) is 5.69 Å². The first kappa shape index (κ1) is 17.8. The highest BCUT2D eigenvalue weighted by atomic mass is 19.4. The molecule has 1 aromatic carbocycles.